The van der Waals surface area contributed by atoms with E-state index in [-0.39, 0.29) is 0 Å². The largest absolute Gasteiger partial charge is 0.371 e. The number of fused-ring (bicyclic) bond motifs is 6. The molecule has 1 saturated heterocycles. The van der Waals surface area contributed by atoms with Crippen molar-refractivity contribution in [1.29, 1.82) is 5.26 Å². The smallest absolute Gasteiger partial charge is 0.185 e. The van der Waals surface area contributed by atoms with Gasteiger partial charge in [0, 0.05) is 43.1 Å². The molecule has 4 aromatic rings. The van der Waals surface area contributed by atoms with Crippen molar-refractivity contribution in [1.82, 2.24) is 19.3 Å². The van der Waals surface area contributed by atoms with E-state index in [4.69, 9.17) is 11.0 Å². The van der Waals surface area contributed by atoms with Crippen molar-refractivity contribution in [3.8, 4) is 34.4 Å². The van der Waals surface area contributed by atoms with Crippen LogP contribution in [0.25, 0.3) is 28.3 Å². The third-order valence-corrected chi connectivity index (χ3v) is 7.31. The molecule has 0 amide bonds. The fourth-order valence-corrected chi connectivity index (χ4v) is 5.41. The lowest BCUT2D eigenvalue weighted by atomic mass is 10.1. The summed E-state index contributed by atoms with van der Waals surface area (Å²) in [6, 6.07) is 19.1. The van der Waals surface area contributed by atoms with Gasteiger partial charge in [-0.15, -0.1) is 10.2 Å². The van der Waals surface area contributed by atoms with E-state index in [1.807, 2.05) is 24.3 Å². The fourth-order valence-electron chi connectivity index (χ4n) is 5.41. The molecule has 1 saturated carbocycles. The Hall–Kier alpha value is -3.89. The Morgan fingerprint density at radius 1 is 1.00 bits per heavy atom. The summed E-state index contributed by atoms with van der Waals surface area (Å²) < 4.78 is 4.33. The minimum absolute atomic E-state index is 0.398. The van der Waals surface area contributed by atoms with Gasteiger partial charge in [-0.1, -0.05) is 12.1 Å². The highest BCUT2D eigenvalue weighted by Gasteiger charge is 2.53. The van der Waals surface area contributed by atoms with Crippen molar-refractivity contribution in [3.63, 3.8) is 0 Å². The van der Waals surface area contributed by atoms with Gasteiger partial charge in [0.2, 0.25) is 0 Å². The summed E-state index contributed by atoms with van der Waals surface area (Å²) in [6.45, 7) is 2.87. The van der Waals surface area contributed by atoms with Gasteiger partial charge in [0.1, 0.15) is 6.33 Å². The highest BCUT2D eigenvalue weighted by Crippen LogP contribution is 2.45. The summed E-state index contributed by atoms with van der Waals surface area (Å²) in [5.41, 5.74) is 13.7. The third kappa shape index (κ3) is 2.50. The first-order valence-corrected chi connectivity index (χ1v) is 10.9. The molecule has 2 aromatic heterocycles. The number of benzene rings is 2. The maximum absolute atomic E-state index is 9.09. The van der Waals surface area contributed by atoms with Crippen LogP contribution in [0, 0.1) is 23.2 Å². The van der Waals surface area contributed by atoms with Gasteiger partial charge >= 0.3 is 0 Å². The predicted molar refractivity (Wildman–Crippen MR) is 121 cm³/mol. The molecule has 2 N–H and O–H groups in total. The maximum Gasteiger partial charge on any atom is 0.185 e. The van der Waals surface area contributed by atoms with Crippen LogP contribution < -0.4 is 10.6 Å². The van der Waals surface area contributed by atoms with Gasteiger partial charge in [-0.3, -0.25) is 4.57 Å². The second-order valence-corrected chi connectivity index (χ2v) is 9.08. The normalized spacial score (nSPS) is 22.4. The van der Waals surface area contributed by atoms with Crippen molar-refractivity contribution in [2.45, 2.75) is 12.6 Å². The Bertz CT molecular complexity index is 1390. The molecule has 0 bridgehead atoms. The summed E-state index contributed by atoms with van der Waals surface area (Å²) in [4.78, 5) is 2.47. The molecule has 0 spiro atoms. The lowest BCUT2D eigenvalue weighted by Gasteiger charge is -2.23. The van der Waals surface area contributed by atoms with Crippen LogP contribution in [0.2, 0.25) is 0 Å². The van der Waals surface area contributed by atoms with Crippen molar-refractivity contribution in [3.05, 3.63) is 72.2 Å². The molecule has 7 heteroatoms. The summed E-state index contributed by atoms with van der Waals surface area (Å²) in [5, 5.41) is 17.7. The zero-order chi connectivity index (χ0) is 21.4. The highest BCUT2D eigenvalue weighted by atomic mass is 15.3. The number of piperidine rings is 1. The molecule has 32 heavy (non-hydrogen) atoms. The molecule has 1 aliphatic carbocycles. The molecule has 4 heterocycles. The Balaban J connectivity index is 1.30. The third-order valence-electron chi connectivity index (χ3n) is 7.31. The van der Waals surface area contributed by atoms with Crippen LogP contribution in [0.1, 0.15) is 11.1 Å². The second-order valence-electron chi connectivity index (χ2n) is 9.08. The molecule has 2 fully saturated rings. The lowest BCUT2D eigenvalue weighted by molar-refractivity contribution is 0.742. The topological polar surface area (TPSA) is 88.7 Å². The molecule has 7 rings (SSSR count). The van der Waals surface area contributed by atoms with Crippen LogP contribution in [-0.4, -0.2) is 38.5 Å². The van der Waals surface area contributed by atoms with Gasteiger partial charge in [-0.2, -0.15) is 5.26 Å². The highest BCUT2D eigenvalue weighted by molar-refractivity contribution is 5.72. The van der Waals surface area contributed by atoms with Crippen LogP contribution in [0.4, 0.5) is 5.69 Å². The van der Waals surface area contributed by atoms with Crippen molar-refractivity contribution in [2.24, 2.45) is 17.6 Å². The molecule has 1 unspecified atom stereocenters. The monoisotopic (exact) mass is 419 g/mol. The average molecular weight is 419 g/mol. The first-order valence-electron chi connectivity index (χ1n) is 10.9. The summed E-state index contributed by atoms with van der Waals surface area (Å²) in [7, 11) is 0. The molecule has 3 atom stereocenters. The number of hydrogen-bond acceptors (Lipinski definition) is 5. The Labute approximate surface area is 185 Å². The molecule has 2 aromatic carbocycles. The van der Waals surface area contributed by atoms with E-state index >= 15 is 0 Å². The van der Waals surface area contributed by atoms with E-state index in [9.17, 15) is 0 Å². The van der Waals surface area contributed by atoms with Crippen molar-refractivity contribution in [2.75, 3.05) is 18.0 Å². The first-order chi connectivity index (χ1) is 15.7. The minimum Gasteiger partial charge on any atom is -0.371 e. The number of aromatic nitrogens is 4. The predicted octanol–water partition coefficient (Wildman–Crippen LogP) is 3.03. The second kappa shape index (κ2) is 6.31. The van der Waals surface area contributed by atoms with E-state index in [0.29, 0.717) is 23.4 Å². The van der Waals surface area contributed by atoms with Crippen LogP contribution in [0.5, 0.6) is 0 Å². The van der Waals surface area contributed by atoms with Gasteiger partial charge in [0.15, 0.2) is 5.82 Å². The Morgan fingerprint density at radius 3 is 2.59 bits per heavy atom. The molecule has 3 aliphatic rings. The number of hydrogen-bond donors (Lipinski definition) is 1. The number of nitriles is 1. The van der Waals surface area contributed by atoms with Gasteiger partial charge in [0.05, 0.1) is 23.0 Å². The van der Waals surface area contributed by atoms with Crippen LogP contribution in [0.3, 0.4) is 0 Å². The van der Waals surface area contributed by atoms with Gasteiger partial charge in [-0.25, -0.2) is 0 Å². The standard InChI is InChI=1S/C25H21N7/c26-9-15-1-3-16(4-2-15)17-8-23-25-29-28-14-32(25)22-6-5-19(7-18(22)11-31(23)10-17)30-12-20-21(13-30)24(20)27/h1-8,10,14,20-21,24H,11-13,27H2/t20-,21+,24?. The zero-order valence-electron chi connectivity index (χ0n) is 17.4. The summed E-state index contributed by atoms with van der Waals surface area (Å²) in [5.74, 6) is 2.15. The summed E-state index contributed by atoms with van der Waals surface area (Å²) >= 11 is 0. The molecule has 2 aliphatic heterocycles. The lowest BCUT2D eigenvalue weighted by Crippen LogP contribution is -2.28. The summed E-state index contributed by atoms with van der Waals surface area (Å²) in [6.07, 6.45) is 3.96. The first kappa shape index (κ1) is 17.8. The van der Waals surface area contributed by atoms with E-state index in [0.717, 1.165) is 48.0 Å². The molecular weight excluding hydrogens is 398 g/mol. The molecule has 156 valence electrons. The molecule has 7 nitrogen and oxygen atoms in total. The zero-order valence-corrected chi connectivity index (χ0v) is 17.4. The van der Waals surface area contributed by atoms with E-state index in [1.54, 1.807) is 6.33 Å². The van der Waals surface area contributed by atoms with Crippen LogP contribution in [-0.2, 0) is 6.54 Å². The van der Waals surface area contributed by atoms with Crippen LogP contribution in [0.15, 0.2) is 61.1 Å². The molecular formula is C25H21N7. The van der Waals surface area contributed by atoms with Gasteiger partial charge < -0.3 is 15.2 Å². The van der Waals surface area contributed by atoms with Gasteiger partial charge in [-0.05, 0) is 59.4 Å². The molecule has 0 radical (unpaired) electrons. The number of nitrogens with zero attached hydrogens (tertiary/aromatic N) is 6. The van der Waals surface area contributed by atoms with E-state index < -0.39 is 0 Å². The SMILES string of the molecule is N#Cc1ccc(-c2cc3n(c2)Cc2cc(N4C[C@@H]5C(N)[C@@H]5C4)ccc2-n2cnnc2-3)cc1. The minimum atomic E-state index is 0.398. The van der Waals surface area contributed by atoms with E-state index in [1.165, 1.54) is 11.3 Å². The average Bonchev–Trinajstić information content (AvgIpc) is 3.32. The van der Waals surface area contributed by atoms with Crippen molar-refractivity contribution >= 4 is 5.69 Å². The van der Waals surface area contributed by atoms with Crippen LogP contribution >= 0.6 is 0 Å². The van der Waals surface area contributed by atoms with E-state index in [2.05, 4.69) is 60.8 Å². The van der Waals surface area contributed by atoms with Crippen molar-refractivity contribution < 1.29 is 0 Å². The van der Waals surface area contributed by atoms with Gasteiger partial charge in [0.25, 0.3) is 0 Å². The fraction of sp³-hybridized carbons (Fsp3) is 0.240. The number of rotatable bonds is 2. The maximum atomic E-state index is 9.09. The Morgan fingerprint density at radius 2 is 1.81 bits per heavy atom. The Kier molecular flexibility index (Phi) is 3.50. The number of nitrogens with two attached hydrogens (primary N) is 1. The quantitative estimate of drug-likeness (QED) is 0.475. The number of anilines is 1.